The van der Waals surface area contributed by atoms with E-state index in [1.807, 2.05) is 11.4 Å². The van der Waals surface area contributed by atoms with Crippen LogP contribution in [0.15, 0.2) is 108 Å². The molecule has 2 N–H and O–H groups in total. The molecule has 9 heteroatoms. The fraction of sp³-hybridized carbons (Fsp3) is 0.147. The van der Waals surface area contributed by atoms with Crippen LogP contribution in [-0.4, -0.2) is 16.8 Å². The molecule has 4 aromatic carbocycles. The van der Waals surface area contributed by atoms with Gasteiger partial charge in [-0.1, -0.05) is 77.9 Å². The first-order valence-electron chi connectivity index (χ1n) is 14.0. The Kier molecular flexibility index (Phi) is 6.54. The van der Waals surface area contributed by atoms with Gasteiger partial charge in [0, 0.05) is 44.6 Å². The average Bonchev–Trinajstić information content (AvgIpc) is 3.51. The van der Waals surface area contributed by atoms with Gasteiger partial charge in [-0.25, -0.2) is 4.98 Å². The Bertz CT molecular complexity index is 1900. The van der Waals surface area contributed by atoms with Crippen LogP contribution in [0.25, 0.3) is 21.7 Å². The summed E-state index contributed by atoms with van der Waals surface area (Å²) in [5.41, 5.74) is 16.0. The van der Waals surface area contributed by atoms with Crippen molar-refractivity contribution in [1.29, 1.82) is 0 Å². The van der Waals surface area contributed by atoms with Crippen molar-refractivity contribution >= 4 is 39.7 Å². The van der Waals surface area contributed by atoms with Gasteiger partial charge >= 0.3 is 0 Å². The van der Waals surface area contributed by atoms with Crippen molar-refractivity contribution in [1.82, 2.24) is 4.98 Å². The number of thiazole rings is 1. The molecule has 0 radical (unpaired) electrons. The highest BCUT2D eigenvalue weighted by molar-refractivity contribution is 7.14. The summed E-state index contributed by atoms with van der Waals surface area (Å²) in [5.74, 6) is -0.164. The van der Waals surface area contributed by atoms with Gasteiger partial charge in [0.05, 0.1) is 11.1 Å². The average molecular weight is 583 g/mol. The number of nitrogens with one attached hydrogen (secondary N) is 2. The predicted molar refractivity (Wildman–Crippen MR) is 169 cm³/mol. The van der Waals surface area contributed by atoms with Crippen molar-refractivity contribution in [2.24, 2.45) is 10.5 Å². The van der Waals surface area contributed by atoms with E-state index in [2.05, 4.69) is 76.1 Å². The molecule has 1 unspecified atom stereocenters. The van der Waals surface area contributed by atoms with Gasteiger partial charge in [0.1, 0.15) is 0 Å². The van der Waals surface area contributed by atoms with Gasteiger partial charge in [0.15, 0.2) is 5.13 Å². The largest absolute Gasteiger partial charge is 0.322 e. The maximum absolute atomic E-state index is 14.0. The molecule has 0 saturated heterocycles. The summed E-state index contributed by atoms with van der Waals surface area (Å²) in [6.07, 6.45) is 0.737. The Morgan fingerprint density at radius 3 is 2.26 bits per heavy atom. The summed E-state index contributed by atoms with van der Waals surface area (Å²) in [7, 11) is 0. The van der Waals surface area contributed by atoms with Crippen molar-refractivity contribution in [3.8, 4) is 11.3 Å². The SMILES string of the molecule is CC1(C(=O)Nc2nc(-c3cccc(C(=O)Nc4ccc(N=[N+]=[N-])cc4)c3)cs2)CC2c3ccccc3C1c1ccccc12. The van der Waals surface area contributed by atoms with Gasteiger partial charge in [-0.15, -0.1) is 11.3 Å². The fourth-order valence-electron chi connectivity index (χ4n) is 6.58. The number of azide groups is 1. The Labute approximate surface area is 252 Å². The van der Waals surface area contributed by atoms with Gasteiger partial charge in [-0.2, -0.15) is 0 Å². The Morgan fingerprint density at radius 1 is 0.907 bits per heavy atom. The van der Waals surface area contributed by atoms with E-state index in [1.165, 1.54) is 33.6 Å². The molecule has 2 bridgehead atoms. The number of aromatic nitrogens is 1. The second kappa shape index (κ2) is 10.5. The van der Waals surface area contributed by atoms with Gasteiger partial charge in [-0.3, -0.25) is 9.59 Å². The number of carbonyl (C=O) groups excluding carboxylic acids is 2. The minimum absolute atomic E-state index is 0.0326. The van der Waals surface area contributed by atoms with E-state index in [0.717, 1.165) is 12.0 Å². The highest BCUT2D eigenvalue weighted by Gasteiger charge is 2.54. The monoisotopic (exact) mass is 582 g/mol. The van der Waals surface area contributed by atoms with Crippen molar-refractivity contribution < 1.29 is 9.59 Å². The minimum atomic E-state index is -0.629. The van der Waals surface area contributed by atoms with Gasteiger partial charge in [0.25, 0.3) is 5.91 Å². The Balaban J connectivity index is 1.10. The first-order chi connectivity index (χ1) is 20.9. The molecular formula is C34H26N6O2S. The first kappa shape index (κ1) is 26.6. The molecular weight excluding hydrogens is 556 g/mol. The topological polar surface area (TPSA) is 120 Å². The maximum Gasteiger partial charge on any atom is 0.255 e. The smallest absolute Gasteiger partial charge is 0.255 e. The number of rotatable bonds is 6. The molecule has 0 fully saturated rings. The summed E-state index contributed by atoms with van der Waals surface area (Å²) >= 11 is 1.37. The zero-order valence-electron chi connectivity index (χ0n) is 23.2. The summed E-state index contributed by atoms with van der Waals surface area (Å²) < 4.78 is 0. The predicted octanol–water partition coefficient (Wildman–Crippen LogP) is 8.63. The number of nitrogens with zero attached hydrogens (tertiary/aromatic N) is 4. The molecule has 3 aliphatic carbocycles. The van der Waals surface area contributed by atoms with Crippen LogP contribution in [0.1, 0.15) is 57.8 Å². The van der Waals surface area contributed by atoms with E-state index in [-0.39, 0.29) is 23.7 Å². The summed E-state index contributed by atoms with van der Waals surface area (Å²) in [6.45, 7) is 2.08. The van der Waals surface area contributed by atoms with Crippen molar-refractivity contribution in [3.63, 3.8) is 0 Å². The van der Waals surface area contributed by atoms with E-state index >= 15 is 0 Å². The zero-order valence-corrected chi connectivity index (χ0v) is 24.0. The molecule has 2 amide bonds. The van der Waals surface area contributed by atoms with Crippen LogP contribution in [0, 0.1) is 5.41 Å². The molecule has 0 saturated carbocycles. The minimum Gasteiger partial charge on any atom is -0.322 e. The number of amides is 2. The number of hydrogen-bond acceptors (Lipinski definition) is 5. The standard InChI is InChI=1S/C34H26N6O2S/c1-34(18-28-24-9-2-4-11-26(24)30(34)27-12-5-3-10-25(27)28)32(42)38-33-37-29(19-43-33)20-7-6-8-21(17-20)31(41)36-22-13-15-23(16-14-22)39-40-35/h2-17,19,28,30H,18H2,1H3,(H,36,41)(H,37,38,42). The summed E-state index contributed by atoms with van der Waals surface area (Å²) in [6, 6.07) is 30.8. The highest BCUT2D eigenvalue weighted by Crippen LogP contribution is 2.61. The fourth-order valence-corrected chi connectivity index (χ4v) is 7.29. The van der Waals surface area contributed by atoms with E-state index < -0.39 is 5.41 Å². The lowest BCUT2D eigenvalue weighted by atomic mass is 9.52. The Morgan fingerprint density at radius 2 is 1.58 bits per heavy atom. The molecule has 0 spiro atoms. The van der Waals surface area contributed by atoms with Crippen molar-refractivity contribution in [2.45, 2.75) is 25.2 Å². The molecule has 8 rings (SSSR count). The summed E-state index contributed by atoms with van der Waals surface area (Å²) in [5, 5.41) is 11.9. The van der Waals surface area contributed by atoms with Crippen molar-refractivity contribution in [2.75, 3.05) is 10.6 Å². The van der Waals surface area contributed by atoms with E-state index in [0.29, 0.717) is 27.8 Å². The second-order valence-corrected chi connectivity index (χ2v) is 12.0. The normalized spacial score (nSPS) is 19.5. The lowest BCUT2D eigenvalue weighted by Gasteiger charge is -2.50. The molecule has 1 aromatic heterocycles. The zero-order chi connectivity index (χ0) is 29.6. The van der Waals surface area contributed by atoms with Gasteiger partial charge in [-0.05, 0) is 65.4 Å². The highest BCUT2D eigenvalue weighted by atomic mass is 32.1. The van der Waals surface area contributed by atoms with Crippen LogP contribution in [0.4, 0.5) is 16.5 Å². The molecule has 1 heterocycles. The number of carbonyl (C=O) groups is 2. The third-order valence-electron chi connectivity index (χ3n) is 8.58. The van der Waals surface area contributed by atoms with Gasteiger partial charge in [0.2, 0.25) is 5.91 Å². The van der Waals surface area contributed by atoms with E-state index in [9.17, 15) is 9.59 Å². The molecule has 210 valence electrons. The van der Waals surface area contributed by atoms with E-state index in [4.69, 9.17) is 10.5 Å². The number of benzene rings is 4. The van der Waals surface area contributed by atoms with Crippen LogP contribution in [0.3, 0.4) is 0 Å². The maximum atomic E-state index is 14.0. The third-order valence-corrected chi connectivity index (χ3v) is 9.34. The lowest BCUT2D eigenvalue weighted by molar-refractivity contribution is -0.126. The first-order valence-corrected chi connectivity index (χ1v) is 14.8. The lowest BCUT2D eigenvalue weighted by Crippen LogP contribution is -2.47. The van der Waals surface area contributed by atoms with E-state index in [1.54, 1.807) is 42.5 Å². The van der Waals surface area contributed by atoms with Crippen LogP contribution in [0.2, 0.25) is 0 Å². The summed E-state index contributed by atoms with van der Waals surface area (Å²) in [4.78, 5) is 34.4. The van der Waals surface area contributed by atoms with Crippen molar-refractivity contribution in [3.05, 3.63) is 141 Å². The third kappa shape index (κ3) is 4.65. The molecule has 8 nitrogen and oxygen atoms in total. The molecule has 3 aliphatic rings. The van der Waals surface area contributed by atoms with Crippen LogP contribution in [0.5, 0.6) is 0 Å². The molecule has 43 heavy (non-hydrogen) atoms. The number of anilines is 2. The second-order valence-electron chi connectivity index (χ2n) is 11.1. The van der Waals surface area contributed by atoms with Crippen LogP contribution >= 0.6 is 11.3 Å². The number of fused-ring (bicyclic) bond motifs is 1. The Hall–Kier alpha value is -5.24. The van der Waals surface area contributed by atoms with Crippen LogP contribution in [-0.2, 0) is 4.79 Å². The molecule has 1 atom stereocenters. The molecule has 5 aromatic rings. The van der Waals surface area contributed by atoms with Crippen LogP contribution < -0.4 is 10.6 Å². The number of hydrogen-bond donors (Lipinski definition) is 2. The quantitative estimate of drug-likeness (QED) is 0.118. The molecule has 0 aliphatic heterocycles. The van der Waals surface area contributed by atoms with Gasteiger partial charge < -0.3 is 10.6 Å².